The third-order valence-electron chi connectivity index (χ3n) is 2.39. The molecule has 0 fully saturated rings. The van der Waals surface area contributed by atoms with Crippen LogP contribution in [0, 0.1) is 11.8 Å². The molecule has 0 aliphatic carbocycles. The summed E-state index contributed by atoms with van der Waals surface area (Å²) in [6.07, 6.45) is 15.6. The standard InChI is InChI=1S/C15H26/c1-3-5-7-9-11-13-15-14-12-10-8-6-4-2/h11,13H,3-10,15H2,1-2H3/b13-11-. The Morgan fingerprint density at radius 1 is 0.800 bits per heavy atom. The normalized spacial score (nSPS) is 10.3. The van der Waals surface area contributed by atoms with Crippen molar-refractivity contribution in [2.24, 2.45) is 0 Å². The lowest BCUT2D eigenvalue weighted by atomic mass is 10.2. The molecule has 0 aromatic heterocycles. The minimum atomic E-state index is 0.943. The Hall–Kier alpha value is -0.700. The number of unbranched alkanes of at least 4 members (excludes halogenated alkanes) is 6. The highest BCUT2D eigenvalue weighted by molar-refractivity contribution is 5.04. The van der Waals surface area contributed by atoms with Crippen LogP contribution in [-0.2, 0) is 0 Å². The maximum atomic E-state index is 3.22. The molecule has 0 N–H and O–H groups in total. The van der Waals surface area contributed by atoms with Crippen molar-refractivity contribution in [3.63, 3.8) is 0 Å². The molecule has 0 unspecified atom stereocenters. The van der Waals surface area contributed by atoms with Crippen molar-refractivity contribution in [1.29, 1.82) is 0 Å². The van der Waals surface area contributed by atoms with Crippen molar-refractivity contribution in [3.05, 3.63) is 12.2 Å². The summed E-state index contributed by atoms with van der Waals surface area (Å²) >= 11 is 0. The van der Waals surface area contributed by atoms with Gasteiger partial charge in [0.1, 0.15) is 0 Å². The fourth-order valence-electron chi connectivity index (χ4n) is 1.40. The van der Waals surface area contributed by atoms with Crippen LogP contribution in [0.3, 0.4) is 0 Å². The van der Waals surface area contributed by atoms with E-state index in [2.05, 4.69) is 37.8 Å². The van der Waals surface area contributed by atoms with Gasteiger partial charge in [-0.15, -0.1) is 5.92 Å². The molecule has 0 atom stereocenters. The van der Waals surface area contributed by atoms with Gasteiger partial charge < -0.3 is 0 Å². The van der Waals surface area contributed by atoms with Gasteiger partial charge in [0, 0.05) is 12.8 Å². The van der Waals surface area contributed by atoms with Gasteiger partial charge in [-0.2, -0.15) is 0 Å². The molecule has 0 amide bonds. The van der Waals surface area contributed by atoms with Crippen LogP contribution in [0.5, 0.6) is 0 Å². The van der Waals surface area contributed by atoms with E-state index in [9.17, 15) is 0 Å². The predicted molar refractivity (Wildman–Crippen MR) is 69.8 cm³/mol. The van der Waals surface area contributed by atoms with E-state index in [1.807, 2.05) is 0 Å². The molecular weight excluding hydrogens is 180 g/mol. The molecule has 15 heavy (non-hydrogen) atoms. The Balaban J connectivity index is 3.20. The molecule has 0 aromatic rings. The fourth-order valence-corrected chi connectivity index (χ4v) is 1.40. The van der Waals surface area contributed by atoms with E-state index in [1.165, 1.54) is 44.9 Å². The van der Waals surface area contributed by atoms with Crippen LogP contribution in [0.2, 0.25) is 0 Å². The van der Waals surface area contributed by atoms with Gasteiger partial charge in [0.15, 0.2) is 0 Å². The molecular formula is C15H26. The molecule has 0 heterocycles. The van der Waals surface area contributed by atoms with Gasteiger partial charge in [0.25, 0.3) is 0 Å². The van der Waals surface area contributed by atoms with Crippen LogP contribution in [0.4, 0.5) is 0 Å². The quantitative estimate of drug-likeness (QED) is 0.294. The molecule has 0 aromatic carbocycles. The smallest absolute Gasteiger partial charge is 0.0269 e. The molecule has 0 saturated heterocycles. The Morgan fingerprint density at radius 3 is 2.27 bits per heavy atom. The van der Waals surface area contributed by atoms with Gasteiger partial charge in [0.2, 0.25) is 0 Å². The lowest BCUT2D eigenvalue weighted by Crippen LogP contribution is -1.72. The predicted octanol–water partition coefficient (Wildman–Crippen LogP) is 5.10. The first-order chi connectivity index (χ1) is 7.41. The van der Waals surface area contributed by atoms with Crippen molar-refractivity contribution in [2.45, 2.75) is 71.6 Å². The molecule has 0 saturated carbocycles. The summed E-state index contributed by atoms with van der Waals surface area (Å²) in [5.74, 6) is 6.42. The van der Waals surface area contributed by atoms with Gasteiger partial charge in [-0.25, -0.2) is 0 Å². The van der Waals surface area contributed by atoms with E-state index < -0.39 is 0 Å². The van der Waals surface area contributed by atoms with Crippen LogP contribution >= 0.6 is 0 Å². The van der Waals surface area contributed by atoms with Crippen LogP contribution in [0.1, 0.15) is 71.6 Å². The Bertz CT molecular complexity index is 190. The van der Waals surface area contributed by atoms with E-state index in [0.29, 0.717) is 0 Å². The monoisotopic (exact) mass is 206 g/mol. The van der Waals surface area contributed by atoms with Crippen LogP contribution in [0.15, 0.2) is 12.2 Å². The second kappa shape index (κ2) is 13.3. The average molecular weight is 206 g/mol. The Morgan fingerprint density at radius 2 is 1.53 bits per heavy atom. The zero-order valence-corrected chi connectivity index (χ0v) is 10.5. The fraction of sp³-hybridized carbons (Fsp3) is 0.733. The van der Waals surface area contributed by atoms with Crippen LogP contribution in [0.25, 0.3) is 0 Å². The first kappa shape index (κ1) is 14.3. The summed E-state index contributed by atoms with van der Waals surface area (Å²) in [7, 11) is 0. The summed E-state index contributed by atoms with van der Waals surface area (Å²) in [6, 6.07) is 0. The Labute approximate surface area is 96.2 Å². The largest absolute Gasteiger partial charge is 0.103 e. The minimum absolute atomic E-state index is 0.943. The van der Waals surface area contributed by atoms with E-state index >= 15 is 0 Å². The van der Waals surface area contributed by atoms with E-state index in [4.69, 9.17) is 0 Å². The van der Waals surface area contributed by atoms with Crippen molar-refractivity contribution < 1.29 is 0 Å². The molecule has 0 radical (unpaired) electrons. The molecule has 0 heteroatoms. The van der Waals surface area contributed by atoms with Gasteiger partial charge >= 0.3 is 0 Å². The van der Waals surface area contributed by atoms with Crippen molar-refractivity contribution >= 4 is 0 Å². The Kier molecular flexibility index (Phi) is 12.7. The lowest BCUT2D eigenvalue weighted by Gasteiger charge is -1.90. The van der Waals surface area contributed by atoms with E-state index in [0.717, 1.165) is 12.8 Å². The average Bonchev–Trinajstić information content (AvgIpc) is 2.26. The molecule has 0 rings (SSSR count). The summed E-state index contributed by atoms with van der Waals surface area (Å²) in [5, 5.41) is 0. The van der Waals surface area contributed by atoms with Crippen molar-refractivity contribution in [3.8, 4) is 11.8 Å². The minimum Gasteiger partial charge on any atom is -0.103 e. The van der Waals surface area contributed by atoms with Crippen molar-refractivity contribution in [2.75, 3.05) is 0 Å². The highest BCUT2D eigenvalue weighted by Crippen LogP contribution is 2.00. The van der Waals surface area contributed by atoms with E-state index in [1.54, 1.807) is 0 Å². The van der Waals surface area contributed by atoms with Gasteiger partial charge in [-0.3, -0.25) is 0 Å². The molecule has 0 bridgehead atoms. The van der Waals surface area contributed by atoms with Gasteiger partial charge in [-0.1, -0.05) is 57.6 Å². The highest BCUT2D eigenvalue weighted by Gasteiger charge is 1.81. The maximum absolute atomic E-state index is 3.22. The SMILES string of the molecule is CCCCCC#CC/C=C\CCCCC. The molecule has 86 valence electrons. The van der Waals surface area contributed by atoms with Gasteiger partial charge in [-0.05, 0) is 19.3 Å². The lowest BCUT2D eigenvalue weighted by molar-refractivity contribution is 0.728. The maximum Gasteiger partial charge on any atom is 0.0269 e. The van der Waals surface area contributed by atoms with Crippen molar-refractivity contribution in [1.82, 2.24) is 0 Å². The number of rotatable bonds is 8. The summed E-state index contributed by atoms with van der Waals surface area (Å²) < 4.78 is 0. The molecule has 0 spiro atoms. The molecule has 0 nitrogen and oxygen atoms in total. The topological polar surface area (TPSA) is 0 Å². The van der Waals surface area contributed by atoms with Gasteiger partial charge in [0.05, 0.1) is 0 Å². The highest BCUT2D eigenvalue weighted by atomic mass is 13.9. The third kappa shape index (κ3) is 13.3. The zero-order chi connectivity index (χ0) is 11.2. The zero-order valence-electron chi connectivity index (χ0n) is 10.5. The third-order valence-corrected chi connectivity index (χ3v) is 2.39. The number of hydrogen-bond acceptors (Lipinski definition) is 0. The first-order valence-corrected chi connectivity index (χ1v) is 6.52. The molecule has 0 aliphatic heterocycles. The van der Waals surface area contributed by atoms with Crippen LogP contribution < -0.4 is 0 Å². The van der Waals surface area contributed by atoms with E-state index in [-0.39, 0.29) is 0 Å². The second-order valence-electron chi connectivity index (χ2n) is 3.98. The number of hydrogen-bond donors (Lipinski definition) is 0. The van der Waals surface area contributed by atoms with Crippen LogP contribution in [-0.4, -0.2) is 0 Å². The second-order valence-corrected chi connectivity index (χ2v) is 3.98. The molecule has 0 aliphatic rings. The first-order valence-electron chi connectivity index (χ1n) is 6.52. The number of allylic oxidation sites excluding steroid dienone is 2. The summed E-state index contributed by atoms with van der Waals surface area (Å²) in [6.45, 7) is 4.47. The summed E-state index contributed by atoms with van der Waals surface area (Å²) in [5.41, 5.74) is 0. The summed E-state index contributed by atoms with van der Waals surface area (Å²) in [4.78, 5) is 0.